The predicted octanol–water partition coefficient (Wildman–Crippen LogP) is -2.24. The molecule has 1 saturated heterocycles. The van der Waals surface area contributed by atoms with Crippen molar-refractivity contribution >= 4 is 17.5 Å². The first-order valence-corrected chi connectivity index (χ1v) is 6.33. The van der Waals surface area contributed by atoms with Gasteiger partial charge in [-0.3, -0.25) is 4.57 Å². The van der Waals surface area contributed by atoms with Gasteiger partial charge in [0.15, 0.2) is 11.8 Å². The van der Waals surface area contributed by atoms with Crippen molar-refractivity contribution in [3.8, 4) is 11.3 Å². The van der Waals surface area contributed by atoms with Crippen LogP contribution in [0.4, 0.5) is 5.95 Å². The van der Waals surface area contributed by atoms with Crippen LogP contribution in [0.3, 0.4) is 0 Å². The summed E-state index contributed by atoms with van der Waals surface area (Å²) in [5.74, 6) is 2.19. The number of hydrogen-bond donors (Lipinski definition) is 4. The normalized spacial score (nSPS) is 33.3. The van der Waals surface area contributed by atoms with Gasteiger partial charge in [-0.25, -0.2) is 9.78 Å². The highest BCUT2D eigenvalue weighted by Crippen LogP contribution is 2.36. The lowest BCUT2D eigenvalue weighted by Gasteiger charge is -2.27. The highest BCUT2D eigenvalue weighted by Gasteiger charge is 2.56. The van der Waals surface area contributed by atoms with E-state index in [2.05, 4.69) is 21.3 Å². The molecule has 6 N–H and O–H groups in total. The molecule has 9 nitrogen and oxygen atoms in total. The van der Waals surface area contributed by atoms with E-state index in [4.69, 9.17) is 27.8 Å². The van der Waals surface area contributed by atoms with Gasteiger partial charge in [0, 0.05) is 5.38 Å². The minimum absolute atomic E-state index is 0.215. The summed E-state index contributed by atoms with van der Waals surface area (Å²) in [6.45, 7) is 1.41. The molecule has 1 aromatic heterocycles. The molecule has 0 spiro atoms. The van der Waals surface area contributed by atoms with Crippen LogP contribution in [0.2, 0.25) is 0 Å². The van der Waals surface area contributed by atoms with Gasteiger partial charge in [0.2, 0.25) is 5.95 Å². The molecule has 0 aliphatic carbocycles. The fraction of sp³-hybridized carbons (Fsp3) is 0.545. The molecule has 5 atom stereocenters. The van der Waals surface area contributed by atoms with E-state index in [1.54, 1.807) is 0 Å². The van der Waals surface area contributed by atoms with Crippen LogP contribution in [-0.2, 0) is 4.74 Å². The number of aliphatic hydroxyl groups is 2. The number of nitrogens with zero attached hydrogens (tertiary/aromatic N) is 3. The van der Waals surface area contributed by atoms with Gasteiger partial charge in [0.05, 0.1) is 6.10 Å². The minimum atomic E-state index is -1.72. The summed E-state index contributed by atoms with van der Waals surface area (Å²) < 4.78 is 6.40. The summed E-state index contributed by atoms with van der Waals surface area (Å²) in [5.41, 5.74) is 8.85. The summed E-state index contributed by atoms with van der Waals surface area (Å²) in [6, 6.07) is 0. The molecule has 1 aliphatic heterocycles. The second-order valence-corrected chi connectivity index (χ2v) is 4.88. The second kappa shape index (κ2) is 5.59. The molecule has 1 aliphatic rings. The van der Waals surface area contributed by atoms with Gasteiger partial charge in [0.25, 0.3) is 0 Å². The highest BCUT2D eigenvalue weighted by atomic mass is 35.5. The molecule has 0 aromatic carbocycles. The fourth-order valence-corrected chi connectivity index (χ4v) is 2.32. The smallest absolute Gasteiger partial charge is 0.354 e. The van der Waals surface area contributed by atoms with Crippen LogP contribution < -0.4 is 17.2 Å². The Kier molecular flexibility index (Phi) is 4.18. The average Bonchev–Trinajstić information content (AvgIpc) is 2.64. The molecule has 10 heteroatoms. The molecular weight excluding hydrogens is 302 g/mol. The van der Waals surface area contributed by atoms with Crippen molar-refractivity contribution in [1.82, 2.24) is 14.5 Å². The zero-order valence-corrected chi connectivity index (χ0v) is 11.7. The molecule has 2 heterocycles. The van der Waals surface area contributed by atoms with E-state index >= 15 is 0 Å². The van der Waals surface area contributed by atoms with Crippen molar-refractivity contribution in [2.75, 3.05) is 5.73 Å². The van der Waals surface area contributed by atoms with Gasteiger partial charge in [-0.1, -0.05) is 5.92 Å². The monoisotopic (exact) mass is 315 g/mol. The quantitative estimate of drug-likeness (QED) is 0.447. The van der Waals surface area contributed by atoms with Crippen molar-refractivity contribution in [1.29, 1.82) is 0 Å². The number of ether oxygens (including phenoxy) is 1. The Balaban J connectivity index is 2.54. The molecule has 1 unspecified atom stereocenters. The Hall–Kier alpha value is -1.70. The van der Waals surface area contributed by atoms with E-state index in [9.17, 15) is 15.0 Å². The highest BCUT2D eigenvalue weighted by molar-refractivity contribution is 6.30. The number of hydrogen-bond acceptors (Lipinski definition) is 8. The van der Waals surface area contributed by atoms with Crippen LogP contribution in [0, 0.1) is 11.3 Å². The van der Waals surface area contributed by atoms with E-state index in [-0.39, 0.29) is 5.95 Å². The lowest BCUT2D eigenvalue weighted by Crippen LogP contribution is -2.55. The zero-order valence-electron chi connectivity index (χ0n) is 11.0. The number of nitrogen functional groups attached to an aromatic ring is 1. The second-order valence-electron chi connectivity index (χ2n) is 4.70. The molecule has 1 aromatic rings. The maximum atomic E-state index is 11.9. The Bertz CT molecular complexity index is 654. The number of rotatable bonds is 2. The molecule has 21 heavy (non-hydrogen) atoms. The third kappa shape index (κ3) is 2.59. The number of aliphatic hydroxyl groups excluding tert-OH is 2. The number of halogens is 1. The molecule has 1 fully saturated rings. The number of aromatic nitrogens is 3. The van der Waals surface area contributed by atoms with E-state index in [0.717, 1.165) is 10.9 Å². The van der Waals surface area contributed by atoms with Crippen LogP contribution in [0.5, 0.6) is 0 Å². The summed E-state index contributed by atoms with van der Waals surface area (Å²) in [4.78, 5) is 19.0. The van der Waals surface area contributed by atoms with Crippen LogP contribution in [-0.4, -0.2) is 48.6 Å². The molecule has 0 amide bonds. The third-order valence-corrected chi connectivity index (χ3v) is 3.33. The van der Waals surface area contributed by atoms with Crippen LogP contribution in [0.25, 0.3) is 0 Å². The van der Waals surface area contributed by atoms with Crippen LogP contribution >= 0.6 is 11.6 Å². The van der Waals surface area contributed by atoms with E-state index in [1.165, 1.54) is 6.92 Å². The van der Waals surface area contributed by atoms with Crippen molar-refractivity contribution < 1.29 is 14.9 Å². The lowest BCUT2D eigenvalue weighted by molar-refractivity contribution is -0.0781. The zero-order chi connectivity index (χ0) is 15.8. The first-order valence-electron chi connectivity index (χ1n) is 5.95. The number of anilines is 1. The SMILES string of the molecule is C[C@@H](O)[C@H]1O[C@@H](n2cnc(N)nc2=O)C(N)(C#CCl)[C@H]1O. The Labute approximate surface area is 124 Å². The van der Waals surface area contributed by atoms with Gasteiger partial charge in [-0.2, -0.15) is 4.98 Å². The summed E-state index contributed by atoms with van der Waals surface area (Å²) in [6.07, 6.45) is -3.63. The van der Waals surface area contributed by atoms with Gasteiger partial charge >= 0.3 is 5.69 Å². The van der Waals surface area contributed by atoms with E-state index in [1.807, 2.05) is 0 Å². The van der Waals surface area contributed by atoms with Crippen molar-refractivity contribution in [2.24, 2.45) is 5.73 Å². The maximum absolute atomic E-state index is 11.9. The van der Waals surface area contributed by atoms with Gasteiger partial charge in [0.1, 0.15) is 18.5 Å². The standard InChI is InChI=1S/C11H14ClN5O4/c1-5(18)6-7(19)11(14,2-3-12)8(21-6)17-4-15-9(13)16-10(17)20/h4-8,18-19H,14H2,1H3,(H2,13,16,20)/t5-,6-,7+,8-,11?/m1/s1. The lowest BCUT2D eigenvalue weighted by atomic mass is 9.90. The Morgan fingerprint density at radius 1 is 1.67 bits per heavy atom. The Morgan fingerprint density at radius 2 is 2.33 bits per heavy atom. The first-order chi connectivity index (χ1) is 9.81. The third-order valence-electron chi connectivity index (χ3n) is 3.23. The average molecular weight is 316 g/mol. The van der Waals surface area contributed by atoms with Crippen molar-refractivity contribution in [3.63, 3.8) is 0 Å². The van der Waals surface area contributed by atoms with Gasteiger partial charge in [-0.15, -0.1) is 0 Å². The van der Waals surface area contributed by atoms with Gasteiger partial charge in [-0.05, 0) is 18.5 Å². The van der Waals surface area contributed by atoms with Crippen molar-refractivity contribution in [2.45, 2.75) is 37.0 Å². The van der Waals surface area contributed by atoms with Crippen LogP contribution in [0.1, 0.15) is 13.2 Å². The predicted molar refractivity (Wildman–Crippen MR) is 72.8 cm³/mol. The maximum Gasteiger partial charge on any atom is 0.354 e. The molecule has 0 saturated carbocycles. The Morgan fingerprint density at radius 3 is 2.86 bits per heavy atom. The first kappa shape index (κ1) is 15.7. The molecule has 0 bridgehead atoms. The van der Waals surface area contributed by atoms with E-state index < -0.39 is 35.8 Å². The minimum Gasteiger partial charge on any atom is -0.391 e. The van der Waals surface area contributed by atoms with Crippen molar-refractivity contribution in [3.05, 3.63) is 16.8 Å². The van der Waals surface area contributed by atoms with Crippen LogP contribution in [0.15, 0.2) is 11.1 Å². The summed E-state index contributed by atoms with van der Waals surface area (Å²) in [7, 11) is 0. The summed E-state index contributed by atoms with van der Waals surface area (Å²) >= 11 is 5.37. The summed E-state index contributed by atoms with van der Waals surface area (Å²) in [5, 5.41) is 21.9. The topological polar surface area (TPSA) is 150 Å². The molecule has 2 rings (SSSR count). The van der Waals surface area contributed by atoms with E-state index in [0.29, 0.717) is 0 Å². The molecule has 0 radical (unpaired) electrons. The molecular formula is C11H14ClN5O4. The fourth-order valence-electron chi connectivity index (χ4n) is 2.16. The van der Waals surface area contributed by atoms with Gasteiger partial charge < -0.3 is 26.4 Å². The number of nitrogens with two attached hydrogens (primary N) is 2. The molecule has 114 valence electrons. The largest absolute Gasteiger partial charge is 0.391 e.